The third kappa shape index (κ3) is 3.85. The SMILES string of the molecule is CC1(C)c2cccnc2C(O)=C(c2ccc(Cl)c(CCNS(C)(=O)=O)c2Cl)S1(=O)=O. The molecule has 1 aromatic heterocycles. The highest BCUT2D eigenvalue weighted by Gasteiger charge is 2.48. The zero-order chi connectivity index (χ0) is 22.5. The Morgan fingerprint density at radius 2 is 1.87 bits per heavy atom. The van der Waals surface area contributed by atoms with E-state index in [1.165, 1.54) is 32.2 Å². The summed E-state index contributed by atoms with van der Waals surface area (Å²) in [6.45, 7) is 3.10. The Morgan fingerprint density at radius 3 is 2.50 bits per heavy atom. The summed E-state index contributed by atoms with van der Waals surface area (Å²) in [7, 11) is -7.48. The summed E-state index contributed by atoms with van der Waals surface area (Å²) in [4.78, 5) is 3.83. The van der Waals surface area contributed by atoms with Crippen molar-refractivity contribution in [3.8, 4) is 0 Å². The second-order valence-electron chi connectivity index (χ2n) is 7.40. The highest BCUT2D eigenvalue weighted by molar-refractivity contribution is 8.01. The van der Waals surface area contributed by atoms with Gasteiger partial charge in [0.05, 0.1) is 16.0 Å². The van der Waals surface area contributed by atoms with Crippen LogP contribution in [-0.4, -0.2) is 39.7 Å². The van der Waals surface area contributed by atoms with Crippen molar-refractivity contribution < 1.29 is 21.9 Å². The number of hydrogen-bond donors (Lipinski definition) is 2. The van der Waals surface area contributed by atoms with Gasteiger partial charge in [-0.3, -0.25) is 4.98 Å². The number of benzene rings is 1. The first-order valence-corrected chi connectivity index (χ1v) is 13.0. The lowest BCUT2D eigenvalue weighted by molar-refractivity contribution is 0.501. The summed E-state index contributed by atoms with van der Waals surface area (Å²) in [5, 5.41) is 11.1. The van der Waals surface area contributed by atoms with Gasteiger partial charge in [0.2, 0.25) is 10.0 Å². The number of nitrogens with zero attached hydrogens (tertiary/aromatic N) is 1. The molecule has 2 aromatic rings. The lowest BCUT2D eigenvalue weighted by Gasteiger charge is -2.33. The van der Waals surface area contributed by atoms with Crippen molar-refractivity contribution in [3.05, 3.63) is 62.9 Å². The summed E-state index contributed by atoms with van der Waals surface area (Å²) in [5.41, 5.74) is 0.997. The van der Waals surface area contributed by atoms with Crippen LogP contribution >= 0.6 is 23.2 Å². The van der Waals surface area contributed by atoms with Crippen LogP contribution in [0.1, 0.15) is 36.2 Å². The third-order valence-electron chi connectivity index (χ3n) is 5.01. The van der Waals surface area contributed by atoms with Crippen molar-refractivity contribution in [2.24, 2.45) is 0 Å². The molecule has 162 valence electrons. The van der Waals surface area contributed by atoms with Crippen LogP contribution in [-0.2, 0) is 31.0 Å². The van der Waals surface area contributed by atoms with Gasteiger partial charge in [0.25, 0.3) is 0 Å². The average Bonchev–Trinajstić information content (AvgIpc) is 2.64. The number of aromatic nitrogens is 1. The number of aliphatic hydroxyl groups excluding tert-OH is 1. The van der Waals surface area contributed by atoms with Gasteiger partial charge in [-0.1, -0.05) is 35.3 Å². The van der Waals surface area contributed by atoms with Gasteiger partial charge in [-0.2, -0.15) is 0 Å². The van der Waals surface area contributed by atoms with E-state index in [1.807, 2.05) is 0 Å². The van der Waals surface area contributed by atoms with E-state index in [1.54, 1.807) is 12.1 Å². The maximum absolute atomic E-state index is 13.5. The second-order valence-corrected chi connectivity index (χ2v) is 12.4. The number of halogens is 2. The number of nitrogens with one attached hydrogen (secondary N) is 1. The number of sulfone groups is 1. The molecule has 30 heavy (non-hydrogen) atoms. The fourth-order valence-corrected chi connectivity index (χ4v) is 6.31. The molecule has 11 heteroatoms. The molecule has 0 bridgehead atoms. The molecule has 0 radical (unpaired) electrons. The molecule has 0 amide bonds. The average molecular weight is 491 g/mol. The van der Waals surface area contributed by atoms with E-state index in [-0.39, 0.29) is 39.2 Å². The molecule has 1 aliphatic heterocycles. The van der Waals surface area contributed by atoms with Crippen LogP contribution in [0.3, 0.4) is 0 Å². The Kier molecular flexibility index (Phi) is 5.98. The quantitative estimate of drug-likeness (QED) is 0.662. The standard InChI is InChI=1S/C19H20Cl2N2O5S2/c1-19(2)13-5-4-9-22-16(13)17(24)18(30(19,27)28)12-6-7-14(20)11(15(12)21)8-10-23-29(3,25)26/h4-7,9,23-24H,8,10H2,1-3H3. The van der Waals surface area contributed by atoms with Gasteiger partial charge < -0.3 is 5.11 Å². The number of hydrogen-bond acceptors (Lipinski definition) is 6. The van der Waals surface area contributed by atoms with E-state index >= 15 is 0 Å². The Hall–Kier alpha value is -1.65. The smallest absolute Gasteiger partial charge is 0.208 e. The minimum Gasteiger partial charge on any atom is -0.504 e. The van der Waals surface area contributed by atoms with E-state index in [0.29, 0.717) is 11.1 Å². The molecular formula is C19H20Cl2N2O5S2. The van der Waals surface area contributed by atoms with Crippen LogP contribution < -0.4 is 4.72 Å². The minimum atomic E-state index is -4.06. The van der Waals surface area contributed by atoms with Crippen LogP contribution in [0.4, 0.5) is 0 Å². The molecule has 2 heterocycles. The van der Waals surface area contributed by atoms with Crippen LogP contribution in [0.2, 0.25) is 10.0 Å². The predicted octanol–water partition coefficient (Wildman–Crippen LogP) is 3.53. The fraction of sp³-hybridized carbons (Fsp3) is 0.316. The van der Waals surface area contributed by atoms with E-state index in [4.69, 9.17) is 23.2 Å². The van der Waals surface area contributed by atoms with E-state index in [2.05, 4.69) is 9.71 Å². The Bertz CT molecular complexity index is 1270. The van der Waals surface area contributed by atoms with Crippen LogP contribution in [0.5, 0.6) is 0 Å². The first-order chi connectivity index (χ1) is 13.8. The molecule has 0 saturated carbocycles. The van der Waals surface area contributed by atoms with Gasteiger partial charge >= 0.3 is 0 Å². The van der Waals surface area contributed by atoms with Crippen molar-refractivity contribution in [1.82, 2.24) is 9.71 Å². The topological polar surface area (TPSA) is 113 Å². The van der Waals surface area contributed by atoms with E-state index < -0.39 is 30.4 Å². The number of sulfonamides is 1. The summed E-state index contributed by atoms with van der Waals surface area (Å²) in [6.07, 6.45) is 2.62. The molecule has 0 atom stereocenters. The molecule has 2 N–H and O–H groups in total. The monoisotopic (exact) mass is 490 g/mol. The molecule has 1 aliphatic rings. The number of fused-ring (bicyclic) bond motifs is 1. The Morgan fingerprint density at radius 1 is 1.20 bits per heavy atom. The maximum atomic E-state index is 13.5. The zero-order valence-electron chi connectivity index (χ0n) is 16.4. The molecular weight excluding hydrogens is 471 g/mol. The maximum Gasteiger partial charge on any atom is 0.208 e. The van der Waals surface area contributed by atoms with Gasteiger partial charge in [-0.25, -0.2) is 21.6 Å². The molecule has 0 saturated heterocycles. The summed E-state index contributed by atoms with van der Waals surface area (Å²) >= 11 is 12.8. The Balaban J connectivity index is 2.21. The van der Waals surface area contributed by atoms with E-state index in [9.17, 15) is 21.9 Å². The van der Waals surface area contributed by atoms with E-state index in [0.717, 1.165) is 6.26 Å². The van der Waals surface area contributed by atoms with Gasteiger partial charge in [0.1, 0.15) is 10.6 Å². The second kappa shape index (κ2) is 7.80. The molecule has 0 unspecified atom stereocenters. The summed E-state index contributed by atoms with van der Waals surface area (Å²) in [5.74, 6) is -0.491. The predicted molar refractivity (Wildman–Crippen MR) is 119 cm³/mol. The molecule has 0 spiro atoms. The number of pyridine rings is 1. The largest absolute Gasteiger partial charge is 0.504 e. The van der Waals surface area contributed by atoms with Crippen molar-refractivity contribution >= 4 is 53.7 Å². The normalized spacial score (nSPS) is 17.6. The Labute approximate surface area is 185 Å². The number of aliphatic hydroxyl groups is 1. The van der Waals surface area contributed by atoms with Crippen LogP contribution in [0.15, 0.2) is 30.5 Å². The molecule has 7 nitrogen and oxygen atoms in total. The zero-order valence-corrected chi connectivity index (χ0v) is 19.5. The van der Waals surface area contributed by atoms with Gasteiger partial charge in [0.15, 0.2) is 15.6 Å². The highest BCUT2D eigenvalue weighted by atomic mass is 35.5. The van der Waals surface area contributed by atoms with Crippen LogP contribution in [0.25, 0.3) is 10.7 Å². The van der Waals surface area contributed by atoms with Gasteiger partial charge in [-0.15, -0.1) is 0 Å². The molecule has 0 fully saturated rings. The summed E-state index contributed by atoms with van der Waals surface area (Å²) in [6, 6.07) is 6.11. The number of rotatable bonds is 5. The fourth-order valence-electron chi connectivity index (χ4n) is 3.35. The van der Waals surface area contributed by atoms with Crippen LogP contribution in [0, 0.1) is 0 Å². The lowest BCUT2D eigenvalue weighted by Crippen LogP contribution is -2.35. The third-order valence-corrected chi connectivity index (χ3v) is 9.03. The minimum absolute atomic E-state index is 0.0232. The highest BCUT2D eigenvalue weighted by Crippen LogP contribution is 2.49. The van der Waals surface area contributed by atoms with Gasteiger partial charge in [-0.05, 0) is 38.0 Å². The first kappa shape index (κ1) is 23.0. The molecule has 0 aliphatic carbocycles. The van der Waals surface area contributed by atoms with Gasteiger partial charge in [0, 0.05) is 28.9 Å². The van der Waals surface area contributed by atoms with Crippen molar-refractivity contribution in [2.45, 2.75) is 25.0 Å². The first-order valence-electron chi connectivity index (χ1n) is 8.84. The van der Waals surface area contributed by atoms with Crippen molar-refractivity contribution in [2.75, 3.05) is 12.8 Å². The molecule has 1 aromatic carbocycles. The van der Waals surface area contributed by atoms with Crippen molar-refractivity contribution in [3.63, 3.8) is 0 Å². The molecule has 3 rings (SSSR count). The summed E-state index contributed by atoms with van der Waals surface area (Å²) < 4.78 is 50.6. The van der Waals surface area contributed by atoms with Crippen molar-refractivity contribution in [1.29, 1.82) is 0 Å². The lowest BCUT2D eigenvalue weighted by atomic mass is 9.97.